The highest BCUT2D eigenvalue weighted by Gasteiger charge is 2.40. The first-order valence-corrected chi connectivity index (χ1v) is 17.9. The van der Waals surface area contributed by atoms with Crippen molar-refractivity contribution in [2.75, 3.05) is 60.5 Å². The Morgan fingerprint density at radius 3 is 2.40 bits per heavy atom. The number of hydrogen-bond donors (Lipinski definition) is 2. The molecule has 7 rings (SSSR count). The summed E-state index contributed by atoms with van der Waals surface area (Å²) in [7, 11) is 1.63. The van der Waals surface area contributed by atoms with E-state index in [2.05, 4.69) is 55.7 Å². The molecule has 1 amide bonds. The van der Waals surface area contributed by atoms with E-state index in [-0.39, 0.29) is 17.8 Å². The Bertz CT molecular complexity index is 1710. The van der Waals surface area contributed by atoms with Crippen LogP contribution in [0, 0.1) is 12.7 Å². The number of methoxy groups -OCH3 is 1. The number of nitrogens with zero attached hydrogens (tertiary/aromatic N) is 6. The van der Waals surface area contributed by atoms with E-state index in [1.54, 1.807) is 37.3 Å². The van der Waals surface area contributed by atoms with Crippen molar-refractivity contribution in [3.63, 3.8) is 0 Å². The Kier molecular flexibility index (Phi) is 9.94. The first kappa shape index (κ1) is 34.2. The lowest BCUT2D eigenvalue weighted by Crippen LogP contribution is -2.61. The Labute approximate surface area is 294 Å². The van der Waals surface area contributed by atoms with Crippen LogP contribution in [0.2, 0.25) is 0 Å². The zero-order chi connectivity index (χ0) is 34.9. The zero-order valence-corrected chi connectivity index (χ0v) is 29.6. The lowest BCUT2D eigenvalue weighted by atomic mass is 9.97. The van der Waals surface area contributed by atoms with Crippen molar-refractivity contribution >= 4 is 34.6 Å². The second kappa shape index (κ2) is 14.5. The zero-order valence-electron chi connectivity index (χ0n) is 29.6. The maximum absolute atomic E-state index is 15.1. The highest BCUT2D eigenvalue weighted by atomic mass is 19.1. The number of aromatic nitrogens is 2. The van der Waals surface area contributed by atoms with Gasteiger partial charge in [0.25, 0.3) is 0 Å². The van der Waals surface area contributed by atoms with Gasteiger partial charge in [-0.15, -0.1) is 0 Å². The van der Waals surface area contributed by atoms with Crippen LogP contribution in [-0.4, -0.2) is 89.7 Å². The molecule has 1 aromatic heterocycles. The number of halogens is 1. The minimum atomic E-state index is -0.324. The maximum Gasteiger partial charge on any atom is 0.247 e. The fourth-order valence-electron chi connectivity index (χ4n) is 8.00. The van der Waals surface area contributed by atoms with Gasteiger partial charge in [0.05, 0.1) is 36.8 Å². The van der Waals surface area contributed by atoms with Crippen molar-refractivity contribution in [1.82, 2.24) is 19.8 Å². The first-order chi connectivity index (χ1) is 24.2. The fraction of sp³-hybridized carbons (Fsp3) is 0.500. The van der Waals surface area contributed by atoms with E-state index in [0.717, 1.165) is 50.7 Å². The number of piperazine rings is 1. The van der Waals surface area contributed by atoms with E-state index in [0.29, 0.717) is 71.0 Å². The van der Waals surface area contributed by atoms with Crippen LogP contribution < -0.4 is 25.3 Å². The minimum absolute atomic E-state index is 0.237. The first-order valence-electron chi connectivity index (χ1n) is 17.9. The molecule has 266 valence electrons. The lowest BCUT2D eigenvalue weighted by Gasteiger charge is -2.49. The monoisotopic (exact) mass is 684 g/mol. The van der Waals surface area contributed by atoms with E-state index in [9.17, 15) is 4.79 Å². The van der Waals surface area contributed by atoms with Crippen LogP contribution in [0.3, 0.4) is 0 Å². The molecule has 1 aliphatic carbocycles. The Balaban J connectivity index is 1.09. The number of aryl methyl sites for hydroxylation is 1. The molecule has 50 heavy (non-hydrogen) atoms. The standard InChI is InChI=1S/C38H49FN8O3/c1-6-37(48)43-30-18-31(42-35-20-36(41-23-40-35)47-32(14-17-50-47)29-9-7-8-24(2)38(29)39)34(49-5)19-33(30)44-15-12-28(13-16-44)46-22-25(3)45(21-26(46)4)27-10-11-27/h6-9,18-20,23,25-28,32H,1,10-17,21-22H2,2-5H3,(H,43,48)(H,40,41,42)/t25-,26-,32+/m0/s1. The van der Waals surface area contributed by atoms with Gasteiger partial charge in [-0.05, 0) is 64.2 Å². The van der Waals surface area contributed by atoms with Gasteiger partial charge in [0, 0.05) is 74.5 Å². The van der Waals surface area contributed by atoms with Gasteiger partial charge in [-0.1, -0.05) is 24.8 Å². The molecule has 12 heteroatoms. The molecule has 4 aliphatic rings. The maximum atomic E-state index is 15.1. The quantitative estimate of drug-likeness (QED) is 0.240. The summed E-state index contributed by atoms with van der Waals surface area (Å²) >= 11 is 0. The van der Waals surface area contributed by atoms with Gasteiger partial charge >= 0.3 is 0 Å². The van der Waals surface area contributed by atoms with Gasteiger partial charge in [-0.2, -0.15) is 0 Å². The van der Waals surface area contributed by atoms with Gasteiger partial charge in [-0.3, -0.25) is 19.4 Å². The number of benzene rings is 2. The number of carbonyl (C=O) groups excluding carboxylic acids is 1. The Morgan fingerprint density at radius 1 is 1.00 bits per heavy atom. The summed E-state index contributed by atoms with van der Waals surface area (Å²) in [6.07, 6.45) is 8.15. The lowest BCUT2D eigenvalue weighted by molar-refractivity contribution is -0.111. The van der Waals surface area contributed by atoms with Crippen LogP contribution in [0.25, 0.3) is 0 Å². The van der Waals surface area contributed by atoms with E-state index >= 15 is 4.39 Å². The SMILES string of the molecule is C=CC(=O)Nc1cc(Nc2cc(N3OCC[C@@H]3c3cccc(C)c3F)ncn2)c(OC)cc1N1CCC(N2C[C@H](C)N(C3CC3)C[C@@H]2C)CC1. The summed E-state index contributed by atoms with van der Waals surface area (Å²) in [4.78, 5) is 35.3. The number of ether oxygens (including phenoxy) is 1. The number of hydrogen-bond acceptors (Lipinski definition) is 10. The molecule has 3 aromatic rings. The molecule has 1 saturated carbocycles. The number of nitrogens with one attached hydrogen (secondary N) is 2. The van der Waals surface area contributed by atoms with Gasteiger partial charge in [-0.25, -0.2) is 19.4 Å². The largest absolute Gasteiger partial charge is 0.494 e. The third-order valence-corrected chi connectivity index (χ3v) is 10.8. The van der Waals surface area contributed by atoms with Crippen molar-refractivity contribution in [2.24, 2.45) is 0 Å². The smallest absolute Gasteiger partial charge is 0.247 e. The number of hydroxylamine groups is 1. The molecule has 4 fully saturated rings. The van der Waals surface area contributed by atoms with Gasteiger partial charge in [0.15, 0.2) is 5.82 Å². The number of amides is 1. The highest BCUT2D eigenvalue weighted by molar-refractivity contribution is 6.02. The fourth-order valence-corrected chi connectivity index (χ4v) is 8.00. The Hall–Kier alpha value is -4.26. The molecule has 2 N–H and O–H groups in total. The molecule has 0 spiro atoms. The van der Waals surface area contributed by atoms with Gasteiger partial charge in [0.2, 0.25) is 5.91 Å². The molecular formula is C38H49FN8O3. The highest BCUT2D eigenvalue weighted by Crippen LogP contribution is 2.41. The molecule has 4 heterocycles. The molecule has 0 radical (unpaired) electrons. The third-order valence-electron chi connectivity index (χ3n) is 10.8. The van der Waals surface area contributed by atoms with Gasteiger partial charge < -0.3 is 20.3 Å². The molecule has 3 saturated heterocycles. The van der Waals surface area contributed by atoms with Crippen molar-refractivity contribution in [3.05, 3.63) is 72.3 Å². The average molecular weight is 685 g/mol. The van der Waals surface area contributed by atoms with Crippen LogP contribution in [0.4, 0.5) is 33.1 Å². The van der Waals surface area contributed by atoms with Crippen LogP contribution in [-0.2, 0) is 9.63 Å². The summed E-state index contributed by atoms with van der Waals surface area (Å²) in [5.74, 6) is 1.07. The third kappa shape index (κ3) is 7.01. The van der Waals surface area contributed by atoms with Crippen LogP contribution in [0.15, 0.2) is 55.4 Å². The van der Waals surface area contributed by atoms with E-state index in [4.69, 9.17) is 9.57 Å². The molecule has 11 nitrogen and oxygen atoms in total. The Morgan fingerprint density at radius 2 is 1.72 bits per heavy atom. The van der Waals surface area contributed by atoms with E-state index in [1.165, 1.54) is 25.2 Å². The summed E-state index contributed by atoms with van der Waals surface area (Å²) in [6.45, 7) is 14.7. The average Bonchev–Trinajstić information content (AvgIpc) is 3.86. The predicted molar refractivity (Wildman–Crippen MR) is 195 cm³/mol. The van der Waals surface area contributed by atoms with Crippen molar-refractivity contribution in [3.8, 4) is 5.75 Å². The second-order valence-electron chi connectivity index (χ2n) is 14.1. The summed E-state index contributed by atoms with van der Waals surface area (Å²) in [6, 6.07) is 13.2. The minimum Gasteiger partial charge on any atom is -0.494 e. The summed E-state index contributed by atoms with van der Waals surface area (Å²) < 4.78 is 21.0. The normalized spacial score (nSPS) is 23.6. The number of anilines is 5. The predicted octanol–water partition coefficient (Wildman–Crippen LogP) is 6.21. The van der Waals surface area contributed by atoms with E-state index in [1.807, 2.05) is 18.2 Å². The molecule has 0 unspecified atom stereocenters. The summed E-state index contributed by atoms with van der Waals surface area (Å²) in [5.41, 5.74) is 3.33. The topological polar surface area (TPSA) is 98.3 Å². The molecule has 0 bridgehead atoms. The van der Waals surface area contributed by atoms with Gasteiger partial charge in [0.1, 0.15) is 23.7 Å². The molecule has 3 aliphatic heterocycles. The van der Waals surface area contributed by atoms with Crippen molar-refractivity contribution in [1.29, 1.82) is 0 Å². The second-order valence-corrected chi connectivity index (χ2v) is 14.1. The van der Waals surface area contributed by atoms with E-state index < -0.39 is 0 Å². The molecular weight excluding hydrogens is 635 g/mol. The van der Waals surface area contributed by atoms with Crippen LogP contribution in [0.5, 0.6) is 5.75 Å². The number of carbonyl (C=O) groups is 1. The summed E-state index contributed by atoms with van der Waals surface area (Å²) in [5, 5.41) is 8.04. The van der Waals surface area contributed by atoms with Crippen LogP contribution in [0.1, 0.15) is 63.1 Å². The number of rotatable bonds is 10. The van der Waals surface area contributed by atoms with Crippen LogP contribution >= 0.6 is 0 Å². The molecule has 2 aromatic carbocycles. The van der Waals surface area contributed by atoms with Crippen molar-refractivity contribution < 1.29 is 18.8 Å². The molecule has 3 atom stereocenters. The number of piperidine rings is 1. The van der Waals surface area contributed by atoms with Crippen molar-refractivity contribution in [2.45, 2.75) is 83.1 Å².